The number of hydrogen-bond acceptors (Lipinski definition) is 6. The third-order valence-electron chi connectivity index (χ3n) is 6.62. The van der Waals surface area contributed by atoms with Crippen molar-refractivity contribution in [3.05, 3.63) is 96.6 Å². The first-order valence-electron chi connectivity index (χ1n) is 12.1. The SMILES string of the molecule is O=C(NCCC(c1ccccc1)c1ccccc1)C1CCN(c2ccc(-n3cncn3)nn2)CC1. The molecule has 0 unspecified atom stereocenters. The van der Waals surface area contributed by atoms with Crippen molar-refractivity contribution in [2.45, 2.75) is 25.2 Å². The summed E-state index contributed by atoms with van der Waals surface area (Å²) in [6.45, 7) is 2.22. The molecule has 0 bridgehead atoms. The minimum atomic E-state index is 0.0283. The van der Waals surface area contributed by atoms with Crippen molar-refractivity contribution in [1.29, 1.82) is 0 Å². The fourth-order valence-corrected chi connectivity index (χ4v) is 4.69. The molecule has 1 fully saturated rings. The molecule has 1 N–H and O–H groups in total. The number of rotatable bonds is 8. The van der Waals surface area contributed by atoms with Crippen molar-refractivity contribution in [2.24, 2.45) is 5.92 Å². The summed E-state index contributed by atoms with van der Waals surface area (Å²) in [7, 11) is 0. The number of nitrogens with one attached hydrogen (secondary N) is 1. The highest BCUT2D eigenvalue weighted by Crippen LogP contribution is 2.28. The fourth-order valence-electron chi connectivity index (χ4n) is 4.69. The molecule has 5 rings (SSSR count). The molecule has 0 radical (unpaired) electrons. The zero-order valence-electron chi connectivity index (χ0n) is 19.6. The number of nitrogens with zero attached hydrogens (tertiary/aromatic N) is 6. The highest BCUT2D eigenvalue weighted by Gasteiger charge is 2.26. The largest absolute Gasteiger partial charge is 0.356 e. The second-order valence-electron chi connectivity index (χ2n) is 8.80. The molecule has 8 nitrogen and oxygen atoms in total. The Morgan fingerprint density at radius 2 is 1.51 bits per heavy atom. The number of amides is 1. The first-order valence-corrected chi connectivity index (χ1v) is 12.1. The third kappa shape index (κ3) is 5.54. The molecule has 1 amide bonds. The van der Waals surface area contributed by atoms with Gasteiger partial charge in [-0.1, -0.05) is 60.7 Å². The Labute approximate surface area is 205 Å². The molecule has 35 heavy (non-hydrogen) atoms. The Hall–Kier alpha value is -4.07. The van der Waals surface area contributed by atoms with Crippen LogP contribution in [0.3, 0.4) is 0 Å². The average Bonchev–Trinajstić information content (AvgIpc) is 3.47. The molecular formula is C27H29N7O. The highest BCUT2D eigenvalue weighted by molar-refractivity contribution is 5.79. The van der Waals surface area contributed by atoms with Gasteiger partial charge in [0.1, 0.15) is 12.7 Å². The van der Waals surface area contributed by atoms with E-state index in [1.165, 1.54) is 17.5 Å². The van der Waals surface area contributed by atoms with Crippen LogP contribution >= 0.6 is 0 Å². The number of carbonyl (C=O) groups excluding carboxylic acids is 1. The quantitative estimate of drug-likeness (QED) is 0.426. The number of anilines is 1. The van der Waals surface area contributed by atoms with E-state index in [2.05, 4.69) is 79.0 Å². The number of hydrogen-bond donors (Lipinski definition) is 1. The van der Waals surface area contributed by atoms with Gasteiger partial charge in [-0.3, -0.25) is 4.79 Å². The van der Waals surface area contributed by atoms with Gasteiger partial charge in [0.15, 0.2) is 11.6 Å². The van der Waals surface area contributed by atoms with Gasteiger partial charge in [-0.25, -0.2) is 9.67 Å². The van der Waals surface area contributed by atoms with Gasteiger partial charge in [0.2, 0.25) is 5.91 Å². The van der Waals surface area contributed by atoms with Crippen LogP contribution in [0.25, 0.3) is 5.82 Å². The molecule has 3 heterocycles. The van der Waals surface area contributed by atoms with Crippen molar-refractivity contribution >= 4 is 11.7 Å². The van der Waals surface area contributed by atoms with Gasteiger partial charge in [-0.15, -0.1) is 10.2 Å². The summed E-state index contributed by atoms with van der Waals surface area (Å²) in [5.74, 6) is 1.89. The lowest BCUT2D eigenvalue weighted by molar-refractivity contribution is -0.125. The van der Waals surface area contributed by atoms with Crippen LogP contribution in [-0.4, -0.2) is 50.5 Å². The Morgan fingerprint density at radius 3 is 2.09 bits per heavy atom. The molecule has 1 aliphatic heterocycles. The van der Waals surface area contributed by atoms with Gasteiger partial charge < -0.3 is 10.2 Å². The first-order chi connectivity index (χ1) is 17.3. The maximum absolute atomic E-state index is 12.9. The van der Waals surface area contributed by atoms with Crippen LogP contribution in [-0.2, 0) is 4.79 Å². The van der Waals surface area contributed by atoms with E-state index in [0.717, 1.165) is 38.2 Å². The van der Waals surface area contributed by atoms with E-state index in [-0.39, 0.29) is 17.7 Å². The smallest absolute Gasteiger partial charge is 0.223 e. The standard InChI is InChI=1S/C27H29N7O/c35-27(29-16-13-24(21-7-3-1-4-8-21)22-9-5-2-6-10-22)23-14-17-33(18-15-23)25-11-12-26(32-31-25)34-20-28-19-30-34/h1-12,19-20,23-24H,13-18H2,(H,29,35). The van der Waals surface area contributed by atoms with Gasteiger partial charge in [0.05, 0.1) is 0 Å². The van der Waals surface area contributed by atoms with E-state index < -0.39 is 0 Å². The zero-order valence-corrected chi connectivity index (χ0v) is 19.6. The molecule has 0 atom stereocenters. The second-order valence-corrected chi connectivity index (χ2v) is 8.80. The molecule has 4 aromatic rings. The molecule has 0 spiro atoms. The first kappa shape index (κ1) is 22.7. The van der Waals surface area contributed by atoms with Crippen LogP contribution in [0.15, 0.2) is 85.5 Å². The second kappa shape index (κ2) is 10.9. The van der Waals surface area contributed by atoms with E-state index >= 15 is 0 Å². The van der Waals surface area contributed by atoms with Crippen LogP contribution in [0, 0.1) is 5.92 Å². The number of piperidine rings is 1. The summed E-state index contributed by atoms with van der Waals surface area (Å²) in [4.78, 5) is 19.0. The molecular weight excluding hydrogens is 438 g/mol. The summed E-state index contributed by atoms with van der Waals surface area (Å²) in [5, 5.41) is 15.9. The highest BCUT2D eigenvalue weighted by atomic mass is 16.1. The van der Waals surface area contributed by atoms with E-state index in [0.29, 0.717) is 12.4 Å². The number of aromatic nitrogens is 5. The summed E-state index contributed by atoms with van der Waals surface area (Å²) in [5.41, 5.74) is 2.55. The number of carbonyl (C=O) groups is 1. The van der Waals surface area contributed by atoms with Crippen LogP contribution in [0.1, 0.15) is 36.3 Å². The van der Waals surface area contributed by atoms with Crippen molar-refractivity contribution < 1.29 is 4.79 Å². The summed E-state index contributed by atoms with van der Waals surface area (Å²) in [6, 6.07) is 24.8. The van der Waals surface area contributed by atoms with Crippen molar-refractivity contribution in [1.82, 2.24) is 30.3 Å². The van der Waals surface area contributed by atoms with E-state index in [4.69, 9.17) is 0 Å². The lowest BCUT2D eigenvalue weighted by atomic mass is 9.88. The molecule has 0 aliphatic carbocycles. The molecule has 1 aliphatic rings. The predicted octanol–water partition coefficient (Wildman–Crippen LogP) is 3.61. The predicted molar refractivity (Wildman–Crippen MR) is 134 cm³/mol. The van der Waals surface area contributed by atoms with E-state index in [9.17, 15) is 4.79 Å². The molecule has 2 aromatic carbocycles. The lowest BCUT2D eigenvalue weighted by Gasteiger charge is -2.32. The molecule has 0 saturated carbocycles. The number of benzene rings is 2. The van der Waals surface area contributed by atoms with Gasteiger partial charge in [0, 0.05) is 31.5 Å². The Balaban J connectivity index is 1.12. The average molecular weight is 468 g/mol. The Bertz CT molecular complexity index is 1150. The van der Waals surface area contributed by atoms with Gasteiger partial charge in [0.25, 0.3) is 0 Å². The normalized spacial score (nSPS) is 14.3. The molecule has 178 valence electrons. The van der Waals surface area contributed by atoms with Gasteiger partial charge in [-0.2, -0.15) is 5.10 Å². The van der Waals surface area contributed by atoms with Gasteiger partial charge in [-0.05, 0) is 42.5 Å². The third-order valence-corrected chi connectivity index (χ3v) is 6.62. The molecule has 2 aromatic heterocycles. The summed E-state index contributed by atoms with van der Waals surface area (Å²) >= 11 is 0. The van der Waals surface area contributed by atoms with Crippen LogP contribution in [0.2, 0.25) is 0 Å². The van der Waals surface area contributed by atoms with Crippen LogP contribution in [0.5, 0.6) is 0 Å². The van der Waals surface area contributed by atoms with Crippen molar-refractivity contribution in [3.8, 4) is 5.82 Å². The summed E-state index contributed by atoms with van der Waals surface area (Å²) in [6.07, 6.45) is 5.54. The van der Waals surface area contributed by atoms with E-state index in [1.807, 2.05) is 24.3 Å². The summed E-state index contributed by atoms with van der Waals surface area (Å²) < 4.78 is 1.58. The minimum Gasteiger partial charge on any atom is -0.356 e. The minimum absolute atomic E-state index is 0.0283. The van der Waals surface area contributed by atoms with Gasteiger partial charge >= 0.3 is 0 Å². The van der Waals surface area contributed by atoms with Crippen molar-refractivity contribution in [3.63, 3.8) is 0 Å². The fraction of sp³-hybridized carbons (Fsp3) is 0.296. The zero-order chi connectivity index (χ0) is 23.9. The topological polar surface area (TPSA) is 88.8 Å². The van der Waals surface area contributed by atoms with Crippen LogP contribution in [0.4, 0.5) is 5.82 Å². The Morgan fingerprint density at radius 1 is 0.886 bits per heavy atom. The lowest BCUT2D eigenvalue weighted by Crippen LogP contribution is -2.41. The monoisotopic (exact) mass is 467 g/mol. The molecule has 1 saturated heterocycles. The van der Waals surface area contributed by atoms with Crippen LogP contribution < -0.4 is 10.2 Å². The maximum atomic E-state index is 12.9. The van der Waals surface area contributed by atoms with Crippen molar-refractivity contribution in [2.75, 3.05) is 24.5 Å². The molecule has 8 heteroatoms. The van der Waals surface area contributed by atoms with E-state index in [1.54, 1.807) is 11.0 Å². The maximum Gasteiger partial charge on any atom is 0.223 e. The Kier molecular flexibility index (Phi) is 7.07.